The van der Waals surface area contributed by atoms with Crippen LogP contribution in [0.1, 0.15) is 59.8 Å². The topological polar surface area (TPSA) is 110 Å². The van der Waals surface area contributed by atoms with Crippen LogP contribution in [0.2, 0.25) is 0 Å². The molecule has 2 unspecified atom stereocenters. The lowest BCUT2D eigenvalue weighted by Crippen LogP contribution is -2.52. The van der Waals surface area contributed by atoms with Gasteiger partial charge in [-0.25, -0.2) is 4.99 Å². The fraction of sp³-hybridized carbons (Fsp3) is 0.789. The van der Waals surface area contributed by atoms with Gasteiger partial charge in [0, 0.05) is 27.2 Å². The van der Waals surface area contributed by atoms with E-state index >= 15 is 0 Å². The van der Waals surface area contributed by atoms with E-state index in [0.29, 0.717) is 18.2 Å². The first-order chi connectivity index (χ1) is 13.3. The highest BCUT2D eigenvalue weighted by atomic mass is 17.2. The molecule has 28 heavy (non-hydrogen) atoms. The molecule has 0 N–H and O–H groups in total. The van der Waals surface area contributed by atoms with Crippen molar-refractivity contribution in [2.45, 2.75) is 84.2 Å². The number of esters is 3. The van der Waals surface area contributed by atoms with Gasteiger partial charge in [-0.15, -0.1) is 0 Å². The van der Waals surface area contributed by atoms with Gasteiger partial charge in [-0.3, -0.25) is 14.4 Å². The molecule has 0 saturated heterocycles. The molecular weight excluding hydrogens is 370 g/mol. The third kappa shape index (κ3) is 6.78. The monoisotopic (exact) mass is 399 g/mol. The molecule has 9 nitrogen and oxygen atoms in total. The summed E-state index contributed by atoms with van der Waals surface area (Å²) >= 11 is 0. The molecule has 1 aliphatic carbocycles. The van der Waals surface area contributed by atoms with Crippen molar-refractivity contribution in [2.24, 2.45) is 10.9 Å². The molecule has 0 spiro atoms. The highest BCUT2D eigenvalue weighted by Gasteiger charge is 2.42. The maximum atomic E-state index is 11.7. The van der Waals surface area contributed by atoms with Crippen LogP contribution in [0.4, 0.5) is 0 Å². The highest BCUT2D eigenvalue weighted by molar-refractivity contribution is 5.76. The second-order valence-corrected chi connectivity index (χ2v) is 7.29. The summed E-state index contributed by atoms with van der Waals surface area (Å²) in [7, 11) is 0. The number of rotatable bonds is 6. The van der Waals surface area contributed by atoms with Crippen LogP contribution >= 0.6 is 0 Å². The summed E-state index contributed by atoms with van der Waals surface area (Å²) in [6.45, 7) is 5.26. The maximum absolute atomic E-state index is 11.7. The summed E-state index contributed by atoms with van der Waals surface area (Å²) in [6, 6.07) is -0.548. The highest BCUT2D eigenvalue weighted by Crippen LogP contribution is 2.29. The van der Waals surface area contributed by atoms with Crippen molar-refractivity contribution >= 4 is 23.8 Å². The first-order valence-corrected chi connectivity index (χ1v) is 9.64. The van der Waals surface area contributed by atoms with Crippen molar-refractivity contribution in [2.75, 3.05) is 6.61 Å². The van der Waals surface area contributed by atoms with E-state index in [2.05, 4.69) is 4.99 Å². The lowest BCUT2D eigenvalue weighted by molar-refractivity contribution is -0.301. The van der Waals surface area contributed by atoms with Gasteiger partial charge in [-0.1, -0.05) is 12.8 Å². The van der Waals surface area contributed by atoms with E-state index in [9.17, 15) is 14.4 Å². The van der Waals surface area contributed by atoms with Crippen LogP contribution in [0.25, 0.3) is 0 Å². The van der Waals surface area contributed by atoms with Crippen molar-refractivity contribution in [3.8, 4) is 0 Å². The van der Waals surface area contributed by atoms with Crippen molar-refractivity contribution in [3.63, 3.8) is 0 Å². The van der Waals surface area contributed by atoms with Crippen molar-refractivity contribution in [3.05, 3.63) is 0 Å². The maximum Gasteiger partial charge on any atom is 0.303 e. The molecule has 2 rings (SSSR count). The van der Waals surface area contributed by atoms with Gasteiger partial charge in [0.25, 0.3) is 0 Å². The summed E-state index contributed by atoms with van der Waals surface area (Å²) < 4.78 is 15.8. The standard InChI is InChI=1S/C19H29NO8/c1-11-18(25-13(3)22)19(26-14(4)23)16(10-24-12(2)21)27-28-17(20-11)9-15-7-5-6-8-15/h11,15-16,18-19H,5-10H2,1-4H3/t11-,16?,18?,19+/m1/s1. The Balaban J connectivity index is 2.27. The molecule has 0 radical (unpaired) electrons. The first kappa shape index (κ1) is 22.1. The van der Waals surface area contributed by atoms with Gasteiger partial charge >= 0.3 is 17.9 Å². The van der Waals surface area contributed by atoms with Gasteiger partial charge in [-0.2, -0.15) is 4.89 Å². The minimum absolute atomic E-state index is 0.228. The molecule has 1 heterocycles. The van der Waals surface area contributed by atoms with Gasteiger partial charge in [0.05, 0.1) is 6.04 Å². The molecule has 1 saturated carbocycles. The Labute approximate surface area is 164 Å². The Morgan fingerprint density at radius 2 is 1.61 bits per heavy atom. The van der Waals surface area contributed by atoms with Gasteiger partial charge in [0.2, 0.25) is 5.90 Å². The third-order valence-electron chi connectivity index (χ3n) is 4.77. The largest absolute Gasteiger partial charge is 0.463 e. The zero-order valence-electron chi connectivity index (χ0n) is 16.8. The Morgan fingerprint density at radius 1 is 1.00 bits per heavy atom. The van der Waals surface area contributed by atoms with E-state index in [0.717, 1.165) is 12.8 Å². The quantitative estimate of drug-likeness (QED) is 0.379. The predicted molar refractivity (Wildman–Crippen MR) is 97.2 cm³/mol. The average molecular weight is 399 g/mol. The SMILES string of the molecule is CC(=O)OCC1OOC(CC2CCCC2)=N[C@H](C)C(OC(C)=O)[C@H]1OC(C)=O. The molecular formula is C19H29NO8. The average Bonchev–Trinajstić information content (AvgIpc) is 3.09. The minimum Gasteiger partial charge on any atom is -0.463 e. The van der Waals surface area contributed by atoms with Gasteiger partial charge < -0.3 is 19.1 Å². The summed E-state index contributed by atoms with van der Waals surface area (Å²) in [5.74, 6) is -0.817. The van der Waals surface area contributed by atoms with Gasteiger partial charge in [-0.05, 0) is 25.7 Å². The molecule has 0 aromatic carbocycles. The number of nitrogens with zero attached hydrogens (tertiary/aromatic N) is 1. The second kappa shape index (κ2) is 10.4. The first-order valence-electron chi connectivity index (χ1n) is 9.64. The number of carbonyl (C=O) groups excluding carboxylic acids is 3. The Bertz CT molecular complexity index is 599. The third-order valence-corrected chi connectivity index (χ3v) is 4.77. The van der Waals surface area contributed by atoms with Crippen LogP contribution in [0, 0.1) is 5.92 Å². The van der Waals surface area contributed by atoms with Crippen molar-refractivity contribution < 1.29 is 38.4 Å². The number of hydrogen-bond donors (Lipinski definition) is 0. The van der Waals surface area contributed by atoms with Crippen LogP contribution in [0.5, 0.6) is 0 Å². The number of ether oxygens (including phenoxy) is 3. The molecule has 0 aromatic heterocycles. The van der Waals surface area contributed by atoms with Crippen molar-refractivity contribution in [1.82, 2.24) is 0 Å². The van der Waals surface area contributed by atoms with Crippen LogP contribution in [0.3, 0.4) is 0 Å². The molecule has 2 aliphatic rings. The summed E-state index contributed by atoms with van der Waals surface area (Å²) in [6.07, 6.45) is 2.21. The van der Waals surface area contributed by atoms with Crippen LogP contribution in [-0.2, 0) is 38.4 Å². The van der Waals surface area contributed by atoms with E-state index in [1.54, 1.807) is 6.92 Å². The van der Waals surface area contributed by atoms with Crippen LogP contribution in [-0.4, -0.2) is 54.8 Å². The summed E-state index contributed by atoms with van der Waals surface area (Å²) in [5, 5.41) is 0. The second-order valence-electron chi connectivity index (χ2n) is 7.29. The predicted octanol–water partition coefficient (Wildman–Crippen LogP) is 2.11. The fourth-order valence-corrected chi connectivity index (χ4v) is 3.54. The lowest BCUT2D eigenvalue weighted by Gasteiger charge is -2.35. The molecule has 9 heteroatoms. The number of carbonyl (C=O) groups is 3. The fourth-order valence-electron chi connectivity index (χ4n) is 3.54. The van der Waals surface area contributed by atoms with E-state index in [1.807, 2.05) is 0 Å². The molecule has 1 fully saturated rings. The Morgan fingerprint density at radius 3 is 2.18 bits per heavy atom. The van der Waals surface area contributed by atoms with Crippen molar-refractivity contribution in [1.29, 1.82) is 0 Å². The molecule has 1 aliphatic heterocycles. The number of hydrogen-bond acceptors (Lipinski definition) is 9. The smallest absolute Gasteiger partial charge is 0.303 e. The molecule has 0 aromatic rings. The molecule has 158 valence electrons. The van der Waals surface area contributed by atoms with Crippen LogP contribution < -0.4 is 0 Å². The Kier molecular flexibility index (Phi) is 8.22. The minimum atomic E-state index is -1.05. The summed E-state index contributed by atoms with van der Waals surface area (Å²) in [4.78, 5) is 49.9. The van der Waals surface area contributed by atoms with E-state index in [-0.39, 0.29) is 6.61 Å². The van der Waals surface area contributed by atoms with Crippen LogP contribution in [0.15, 0.2) is 4.99 Å². The van der Waals surface area contributed by atoms with Gasteiger partial charge in [0.15, 0.2) is 18.3 Å². The zero-order valence-corrected chi connectivity index (χ0v) is 16.8. The normalized spacial score (nSPS) is 28.4. The molecule has 4 atom stereocenters. The number of aliphatic imine (C=N–C) groups is 1. The summed E-state index contributed by atoms with van der Waals surface area (Å²) in [5.41, 5.74) is 0. The van der Waals surface area contributed by atoms with E-state index in [1.165, 1.54) is 33.6 Å². The molecule has 0 amide bonds. The van der Waals surface area contributed by atoms with E-state index in [4.69, 9.17) is 24.0 Å². The lowest BCUT2D eigenvalue weighted by atomic mass is 10.0. The zero-order chi connectivity index (χ0) is 20.7. The van der Waals surface area contributed by atoms with E-state index < -0.39 is 42.3 Å². The molecule has 0 bridgehead atoms. The van der Waals surface area contributed by atoms with Gasteiger partial charge in [0.1, 0.15) is 6.61 Å². The Hall–Kier alpha value is -2.16.